The van der Waals surface area contributed by atoms with Crippen molar-refractivity contribution in [2.75, 3.05) is 6.26 Å². The Labute approximate surface area is 135 Å². The Balaban J connectivity index is 2.34. The number of nitrogens with one attached hydrogen (secondary N) is 1. The molecule has 1 N–H and O–H groups in total. The van der Waals surface area contributed by atoms with E-state index in [0.29, 0.717) is 0 Å². The molecular formula is C14H10ClF2NO4S. The summed E-state index contributed by atoms with van der Waals surface area (Å²) in [7, 11) is -3.86. The largest absolute Gasteiger partial charge is 0.453 e. The average Bonchev–Trinajstić information content (AvgIpc) is 2.43. The molecule has 0 aromatic heterocycles. The predicted octanol–water partition coefficient (Wildman–Crippen LogP) is 3.10. The van der Waals surface area contributed by atoms with Crippen molar-refractivity contribution >= 4 is 27.5 Å². The first kappa shape index (κ1) is 17.2. The van der Waals surface area contributed by atoms with E-state index in [0.717, 1.165) is 24.5 Å². The fourth-order valence-corrected chi connectivity index (χ4v) is 2.30. The Morgan fingerprint density at radius 2 is 1.78 bits per heavy atom. The number of ether oxygens (including phenoxy) is 1. The van der Waals surface area contributed by atoms with E-state index in [2.05, 4.69) is 0 Å². The van der Waals surface area contributed by atoms with Crippen molar-refractivity contribution in [1.29, 1.82) is 0 Å². The summed E-state index contributed by atoms with van der Waals surface area (Å²) >= 11 is 5.88. The standard InChI is InChI=1S/C14H10ClF2NO4S/c1-23(20,21)18-14(19)8-6-9(15)13(7-11(8)17)22-12-5-3-2-4-10(12)16/h2-7H,1H3,(H,18,19). The second kappa shape index (κ2) is 6.51. The molecule has 0 unspecified atom stereocenters. The SMILES string of the molecule is CS(=O)(=O)NC(=O)c1cc(Cl)c(Oc2ccccc2F)cc1F. The highest BCUT2D eigenvalue weighted by Gasteiger charge is 2.19. The van der Waals surface area contributed by atoms with Gasteiger partial charge < -0.3 is 4.74 Å². The Kier molecular flexibility index (Phi) is 4.86. The Morgan fingerprint density at radius 3 is 2.39 bits per heavy atom. The van der Waals surface area contributed by atoms with Crippen molar-refractivity contribution in [3.05, 3.63) is 58.6 Å². The molecule has 9 heteroatoms. The summed E-state index contributed by atoms with van der Waals surface area (Å²) in [6.07, 6.45) is 0.750. The molecule has 23 heavy (non-hydrogen) atoms. The summed E-state index contributed by atoms with van der Waals surface area (Å²) < 4.78 is 56.3. The third-order valence-corrected chi connectivity index (χ3v) is 3.45. The first-order valence-electron chi connectivity index (χ1n) is 6.11. The van der Waals surface area contributed by atoms with Crippen LogP contribution in [0, 0.1) is 11.6 Å². The second-order valence-corrected chi connectivity index (χ2v) is 6.65. The molecule has 0 fully saturated rings. The fourth-order valence-electron chi connectivity index (χ4n) is 1.65. The summed E-state index contributed by atoms with van der Waals surface area (Å²) in [6, 6.07) is 7.08. The van der Waals surface area contributed by atoms with Crippen LogP contribution in [0.3, 0.4) is 0 Å². The van der Waals surface area contributed by atoms with Crippen molar-refractivity contribution in [2.24, 2.45) is 0 Å². The third kappa shape index (κ3) is 4.40. The summed E-state index contributed by atoms with van der Waals surface area (Å²) in [4.78, 5) is 11.7. The Morgan fingerprint density at radius 1 is 1.13 bits per heavy atom. The lowest BCUT2D eigenvalue weighted by atomic mass is 10.2. The molecule has 122 valence electrons. The average molecular weight is 362 g/mol. The van der Waals surface area contributed by atoms with Gasteiger partial charge in [-0.25, -0.2) is 21.9 Å². The van der Waals surface area contributed by atoms with Crippen molar-refractivity contribution in [3.8, 4) is 11.5 Å². The molecule has 0 saturated heterocycles. The molecule has 0 atom stereocenters. The van der Waals surface area contributed by atoms with Gasteiger partial charge in [0.2, 0.25) is 10.0 Å². The minimum absolute atomic E-state index is 0.179. The number of amides is 1. The zero-order valence-electron chi connectivity index (χ0n) is 11.6. The molecule has 0 aliphatic carbocycles. The first-order chi connectivity index (χ1) is 10.7. The molecule has 2 aromatic carbocycles. The highest BCUT2D eigenvalue weighted by molar-refractivity contribution is 7.89. The van der Waals surface area contributed by atoms with Gasteiger partial charge in [-0.1, -0.05) is 23.7 Å². The van der Waals surface area contributed by atoms with Gasteiger partial charge in [-0.15, -0.1) is 0 Å². The van der Waals surface area contributed by atoms with Gasteiger partial charge in [-0.3, -0.25) is 4.79 Å². The number of hydrogen-bond acceptors (Lipinski definition) is 4. The Bertz CT molecular complexity index is 871. The van der Waals surface area contributed by atoms with E-state index in [1.807, 2.05) is 0 Å². The van der Waals surface area contributed by atoms with Crippen LogP contribution < -0.4 is 9.46 Å². The fraction of sp³-hybridized carbons (Fsp3) is 0.0714. The summed E-state index contributed by atoms with van der Waals surface area (Å²) in [6.45, 7) is 0. The van der Waals surface area contributed by atoms with Gasteiger partial charge in [-0.2, -0.15) is 0 Å². The molecule has 5 nitrogen and oxygen atoms in total. The lowest BCUT2D eigenvalue weighted by molar-refractivity contribution is 0.0977. The number of benzene rings is 2. The minimum atomic E-state index is -3.86. The highest BCUT2D eigenvalue weighted by atomic mass is 35.5. The van der Waals surface area contributed by atoms with Crippen LogP contribution in [0.15, 0.2) is 36.4 Å². The zero-order chi connectivity index (χ0) is 17.2. The molecule has 2 rings (SSSR count). The number of carbonyl (C=O) groups excluding carboxylic acids is 1. The van der Waals surface area contributed by atoms with Crippen molar-refractivity contribution in [3.63, 3.8) is 0 Å². The molecule has 2 aromatic rings. The monoisotopic (exact) mass is 361 g/mol. The molecule has 0 saturated carbocycles. The van der Waals surface area contributed by atoms with E-state index in [9.17, 15) is 22.0 Å². The van der Waals surface area contributed by atoms with Gasteiger partial charge in [-0.05, 0) is 18.2 Å². The maximum absolute atomic E-state index is 14.0. The molecule has 0 spiro atoms. The maximum Gasteiger partial charge on any atom is 0.267 e. The van der Waals surface area contributed by atoms with Crippen molar-refractivity contribution in [2.45, 2.75) is 0 Å². The number of halogens is 3. The van der Waals surface area contributed by atoms with Gasteiger partial charge in [0.15, 0.2) is 11.6 Å². The predicted molar refractivity (Wildman–Crippen MR) is 80.2 cm³/mol. The zero-order valence-corrected chi connectivity index (χ0v) is 13.2. The lowest BCUT2D eigenvalue weighted by Crippen LogP contribution is -2.30. The van der Waals surface area contributed by atoms with E-state index in [1.165, 1.54) is 18.2 Å². The van der Waals surface area contributed by atoms with E-state index >= 15 is 0 Å². The third-order valence-electron chi connectivity index (χ3n) is 2.60. The number of para-hydroxylation sites is 1. The molecule has 0 aliphatic heterocycles. The maximum atomic E-state index is 14.0. The van der Waals surface area contributed by atoms with E-state index in [4.69, 9.17) is 16.3 Å². The number of hydrogen-bond donors (Lipinski definition) is 1. The van der Waals surface area contributed by atoms with Crippen LogP contribution in [0.4, 0.5) is 8.78 Å². The smallest absolute Gasteiger partial charge is 0.267 e. The topological polar surface area (TPSA) is 72.5 Å². The van der Waals surface area contributed by atoms with E-state index < -0.39 is 33.1 Å². The first-order valence-corrected chi connectivity index (χ1v) is 8.38. The van der Waals surface area contributed by atoms with Crippen LogP contribution in [-0.2, 0) is 10.0 Å². The number of sulfonamides is 1. The number of carbonyl (C=O) groups is 1. The van der Waals surface area contributed by atoms with Gasteiger partial charge in [0, 0.05) is 6.07 Å². The Hall–Kier alpha value is -2.19. The van der Waals surface area contributed by atoms with Crippen LogP contribution in [-0.4, -0.2) is 20.6 Å². The summed E-state index contributed by atoms with van der Waals surface area (Å²) in [5.41, 5.74) is -0.582. The normalized spacial score (nSPS) is 11.1. The van der Waals surface area contributed by atoms with Gasteiger partial charge in [0.1, 0.15) is 11.6 Å². The van der Waals surface area contributed by atoms with Crippen LogP contribution >= 0.6 is 11.6 Å². The molecule has 1 amide bonds. The summed E-state index contributed by atoms with van der Waals surface area (Å²) in [5, 5.41) is -0.187. The van der Waals surface area contributed by atoms with Crippen LogP contribution in [0.2, 0.25) is 5.02 Å². The second-order valence-electron chi connectivity index (χ2n) is 4.50. The van der Waals surface area contributed by atoms with Gasteiger partial charge >= 0.3 is 0 Å². The van der Waals surface area contributed by atoms with Crippen LogP contribution in [0.1, 0.15) is 10.4 Å². The molecule has 0 bridgehead atoms. The number of rotatable bonds is 4. The summed E-state index contributed by atoms with van der Waals surface area (Å²) in [5.74, 6) is -3.32. The van der Waals surface area contributed by atoms with Crippen LogP contribution in [0.25, 0.3) is 0 Å². The minimum Gasteiger partial charge on any atom is -0.453 e. The molecule has 0 radical (unpaired) electrons. The molecule has 0 heterocycles. The van der Waals surface area contributed by atoms with Crippen molar-refractivity contribution < 1.29 is 26.7 Å². The van der Waals surface area contributed by atoms with Gasteiger partial charge in [0.05, 0.1) is 16.8 Å². The van der Waals surface area contributed by atoms with Crippen LogP contribution in [0.5, 0.6) is 11.5 Å². The van der Waals surface area contributed by atoms with E-state index in [-0.39, 0.29) is 16.5 Å². The van der Waals surface area contributed by atoms with E-state index in [1.54, 1.807) is 4.72 Å². The molecule has 0 aliphatic rings. The quantitative estimate of drug-likeness (QED) is 0.908. The lowest BCUT2D eigenvalue weighted by Gasteiger charge is -2.11. The van der Waals surface area contributed by atoms with Crippen molar-refractivity contribution in [1.82, 2.24) is 4.72 Å². The highest BCUT2D eigenvalue weighted by Crippen LogP contribution is 2.32. The molecular weight excluding hydrogens is 352 g/mol. The van der Waals surface area contributed by atoms with Gasteiger partial charge in [0.25, 0.3) is 5.91 Å².